The topological polar surface area (TPSA) is 125 Å². The lowest BCUT2D eigenvalue weighted by Crippen LogP contribution is -2.58. The maximum absolute atomic E-state index is 10.4. The lowest BCUT2D eigenvalue weighted by atomic mass is 9.76. The number of aromatic nitrogens is 6. The molecule has 2 spiro atoms. The van der Waals surface area contributed by atoms with Gasteiger partial charge in [-0.1, -0.05) is 46.8 Å². The average molecular weight is 853 g/mol. The SMILES string of the molecule is COc1cc(-n2cc(-c3cc(CO)cc(-c4cn(-c5cc6c(c(OC)c5)OC5(C=C6)N(C)c6ccccc6C5(C)C)nn4)c3)nn2)cc2c1OC1(C=C2)N(C)c2ccccc2C1(C)C. The molecule has 0 fully saturated rings. The molecule has 0 aliphatic carbocycles. The van der Waals surface area contributed by atoms with Crippen LogP contribution in [-0.4, -0.2) is 74.9 Å². The average Bonchev–Trinajstić information content (AvgIpc) is 4.09. The predicted octanol–water partition coefficient (Wildman–Crippen LogP) is 8.75. The first-order valence-corrected chi connectivity index (χ1v) is 21.3. The number of anilines is 2. The number of fused-ring (bicyclic) bond motifs is 4. The molecular weight excluding hydrogens is 805 g/mol. The van der Waals surface area contributed by atoms with Crippen molar-refractivity contribution in [2.45, 2.75) is 56.6 Å². The first-order valence-electron chi connectivity index (χ1n) is 21.3. The van der Waals surface area contributed by atoms with Gasteiger partial charge in [0, 0.05) is 59.9 Å². The fourth-order valence-corrected chi connectivity index (χ4v) is 10.4. The fourth-order valence-electron chi connectivity index (χ4n) is 10.4. The van der Waals surface area contributed by atoms with Crippen LogP contribution >= 0.6 is 0 Å². The molecule has 6 heterocycles. The largest absolute Gasteiger partial charge is 0.493 e. The predicted molar refractivity (Wildman–Crippen MR) is 247 cm³/mol. The van der Waals surface area contributed by atoms with Crippen LogP contribution in [-0.2, 0) is 17.4 Å². The smallest absolute Gasteiger partial charge is 0.212 e. The summed E-state index contributed by atoms with van der Waals surface area (Å²) in [7, 11) is 7.44. The summed E-state index contributed by atoms with van der Waals surface area (Å²) >= 11 is 0. The van der Waals surface area contributed by atoms with Crippen LogP contribution in [0.1, 0.15) is 55.5 Å². The third-order valence-corrected chi connectivity index (χ3v) is 14.0. The highest BCUT2D eigenvalue weighted by Crippen LogP contribution is 2.57. The summed E-state index contributed by atoms with van der Waals surface area (Å²) in [5.74, 6) is 2.49. The fraction of sp³-hybridized carbons (Fsp3) is 0.255. The van der Waals surface area contributed by atoms with Crippen LogP contribution in [0.4, 0.5) is 11.4 Å². The summed E-state index contributed by atoms with van der Waals surface area (Å²) in [5, 5.41) is 28.6. The first-order chi connectivity index (χ1) is 30.8. The molecule has 0 saturated heterocycles. The van der Waals surface area contributed by atoms with E-state index in [1.807, 2.05) is 54.9 Å². The normalized spacial score (nSPS) is 20.5. The van der Waals surface area contributed by atoms with E-state index >= 15 is 0 Å². The number of ether oxygens (including phenoxy) is 4. The van der Waals surface area contributed by atoms with Gasteiger partial charge in [-0.3, -0.25) is 0 Å². The molecule has 13 heteroatoms. The molecule has 13 nitrogen and oxygen atoms in total. The van der Waals surface area contributed by atoms with Crippen molar-refractivity contribution in [1.82, 2.24) is 30.0 Å². The summed E-state index contributed by atoms with van der Waals surface area (Å²) in [4.78, 5) is 4.41. The Balaban J connectivity index is 0.883. The van der Waals surface area contributed by atoms with E-state index in [9.17, 15) is 5.11 Å². The second-order valence-corrected chi connectivity index (χ2v) is 18.0. The molecule has 0 radical (unpaired) electrons. The van der Waals surface area contributed by atoms with Crippen molar-refractivity contribution < 1.29 is 24.1 Å². The molecular formula is C51H48N8O5. The molecule has 1 N–H and O–H groups in total. The van der Waals surface area contributed by atoms with Gasteiger partial charge >= 0.3 is 0 Å². The Morgan fingerprint density at radius 2 is 1.03 bits per heavy atom. The molecule has 322 valence electrons. The van der Waals surface area contributed by atoms with Gasteiger partial charge in [0.05, 0.1) is 55.4 Å². The van der Waals surface area contributed by atoms with Crippen LogP contribution in [0.5, 0.6) is 23.0 Å². The van der Waals surface area contributed by atoms with E-state index in [0.29, 0.717) is 39.9 Å². The molecule has 2 unspecified atom stereocenters. The van der Waals surface area contributed by atoms with Crippen molar-refractivity contribution in [3.05, 3.63) is 143 Å². The molecule has 4 aliphatic rings. The van der Waals surface area contributed by atoms with Crippen LogP contribution in [0.2, 0.25) is 0 Å². The van der Waals surface area contributed by atoms with E-state index in [1.165, 1.54) is 11.1 Å². The van der Waals surface area contributed by atoms with Gasteiger partial charge in [-0.2, -0.15) is 0 Å². The Kier molecular flexibility index (Phi) is 8.52. The summed E-state index contributed by atoms with van der Waals surface area (Å²) in [6, 6.07) is 30.5. The van der Waals surface area contributed by atoms with Gasteiger partial charge in [0.25, 0.3) is 0 Å². The van der Waals surface area contributed by atoms with Gasteiger partial charge in [0.1, 0.15) is 11.4 Å². The Morgan fingerprint density at radius 1 is 0.594 bits per heavy atom. The quantitative estimate of drug-likeness (QED) is 0.166. The van der Waals surface area contributed by atoms with Gasteiger partial charge in [0.2, 0.25) is 11.4 Å². The number of aliphatic hydroxyl groups is 1. The van der Waals surface area contributed by atoms with E-state index < -0.39 is 11.4 Å². The van der Waals surface area contributed by atoms with Gasteiger partial charge in [-0.15, -0.1) is 10.2 Å². The van der Waals surface area contributed by atoms with Gasteiger partial charge in [-0.05, 0) is 111 Å². The van der Waals surface area contributed by atoms with Crippen LogP contribution in [0.25, 0.3) is 46.0 Å². The molecule has 4 aliphatic heterocycles. The zero-order valence-corrected chi connectivity index (χ0v) is 37.0. The Labute approximate surface area is 371 Å². The van der Waals surface area contributed by atoms with Gasteiger partial charge < -0.3 is 33.9 Å². The number of methoxy groups -OCH3 is 2. The lowest BCUT2D eigenvalue weighted by Gasteiger charge is -2.46. The Hall–Kier alpha value is -7.38. The zero-order chi connectivity index (χ0) is 44.3. The van der Waals surface area contributed by atoms with E-state index in [-0.39, 0.29) is 17.4 Å². The van der Waals surface area contributed by atoms with E-state index in [1.54, 1.807) is 23.6 Å². The third-order valence-electron chi connectivity index (χ3n) is 14.0. The number of rotatable bonds is 7. The maximum Gasteiger partial charge on any atom is 0.212 e. The number of aliphatic hydroxyl groups excluding tert-OH is 1. The molecule has 0 amide bonds. The highest BCUT2D eigenvalue weighted by Gasteiger charge is 2.59. The van der Waals surface area contributed by atoms with Gasteiger partial charge in [0.15, 0.2) is 23.0 Å². The first kappa shape index (κ1) is 39.5. The molecule has 11 rings (SSSR count). The van der Waals surface area contributed by atoms with E-state index in [0.717, 1.165) is 45.0 Å². The number of hydrogen-bond acceptors (Lipinski definition) is 11. The van der Waals surface area contributed by atoms with Crippen LogP contribution < -0.4 is 28.7 Å². The second kappa shape index (κ2) is 13.8. The van der Waals surface area contributed by atoms with Crippen LogP contribution in [0.15, 0.2) is 116 Å². The third kappa shape index (κ3) is 5.39. The Morgan fingerprint density at radius 3 is 1.44 bits per heavy atom. The van der Waals surface area contributed by atoms with Crippen molar-refractivity contribution in [3.63, 3.8) is 0 Å². The minimum atomic E-state index is -0.749. The molecule has 64 heavy (non-hydrogen) atoms. The monoisotopic (exact) mass is 852 g/mol. The molecule has 0 bridgehead atoms. The van der Waals surface area contributed by atoms with Crippen molar-refractivity contribution in [2.75, 3.05) is 38.1 Å². The number of nitrogens with zero attached hydrogens (tertiary/aromatic N) is 8. The van der Waals surface area contributed by atoms with Crippen molar-refractivity contribution in [2.24, 2.45) is 0 Å². The molecule has 2 atom stereocenters. The minimum Gasteiger partial charge on any atom is -0.493 e. The summed E-state index contributed by atoms with van der Waals surface area (Å²) < 4.78 is 29.3. The number of para-hydroxylation sites is 2. The zero-order valence-electron chi connectivity index (χ0n) is 37.0. The van der Waals surface area contributed by atoms with Crippen molar-refractivity contribution in [1.29, 1.82) is 0 Å². The number of likely N-dealkylation sites (N-methyl/N-ethyl adjacent to an activating group) is 2. The molecule has 7 aromatic rings. The number of benzene rings is 5. The highest BCUT2D eigenvalue weighted by molar-refractivity contribution is 5.77. The van der Waals surface area contributed by atoms with E-state index in [4.69, 9.17) is 18.9 Å². The van der Waals surface area contributed by atoms with Crippen molar-refractivity contribution in [3.8, 4) is 56.9 Å². The van der Waals surface area contributed by atoms with Crippen LogP contribution in [0.3, 0.4) is 0 Å². The molecule has 5 aromatic carbocycles. The maximum atomic E-state index is 10.4. The second-order valence-electron chi connectivity index (χ2n) is 18.0. The van der Waals surface area contributed by atoms with Crippen LogP contribution in [0, 0.1) is 0 Å². The summed E-state index contributed by atoms with van der Waals surface area (Å²) in [6.45, 7) is 8.67. The highest BCUT2D eigenvalue weighted by atomic mass is 16.6. The minimum absolute atomic E-state index is 0.178. The lowest BCUT2D eigenvalue weighted by molar-refractivity contribution is 0.0551. The summed E-state index contributed by atoms with van der Waals surface area (Å²) in [5.41, 5.74) is 9.19. The Bertz CT molecular complexity index is 2910. The molecule has 2 aromatic heterocycles. The van der Waals surface area contributed by atoms with Crippen molar-refractivity contribution >= 4 is 23.5 Å². The van der Waals surface area contributed by atoms with Gasteiger partial charge in [-0.25, -0.2) is 9.36 Å². The number of hydrogen-bond donors (Lipinski definition) is 1. The standard InChI is InChI=1S/C51H48N8O5/c1-48(2)38-13-9-11-15-42(38)56(5)50(48)19-17-32-24-36(26-44(61-7)46(32)63-50)58-28-40(52-54-58)34-21-31(30-60)22-35(23-34)41-29-59(55-53-41)37-25-33-18-20-51(64-47(33)45(27-37)62-8)49(3,4)39-14-10-12-16-43(39)57(51)6/h9-29,60H,30H2,1-8H3. The summed E-state index contributed by atoms with van der Waals surface area (Å²) in [6.07, 6.45) is 12.2. The van der Waals surface area contributed by atoms with E-state index in [2.05, 4.69) is 145 Å². The molecule has 0 saturated carbocycles.